The highest BCUT2D eigenvalue weighted by molar-refractivity contribution is 5.76. The molecule has 3 rings (SSSR count). The lowest BCUT2D eigenvalue weighted by Gasteiger charge is -2.48. The van der Waals surface area contributed by atoms with Gasteiger partial charge in [-0.1, -0.05) is 164 Å². The maximum atomic E-state index is 13.1. The number of amides is 1. The minimum atomic E-state index is -1.97. The van der Waals surface area contributed by atoms with Crippen molar-refractivity contribution >= 4 is 5.91 Å². The molecule has 0 spiro atoms. The Kier molecular flexibility index (Phi) is 37.0. The number of unbranched alkanes of at least 4 members (excludes halogenated alkanes) is 15. The minimum absolute atomic E-state index is 0.259. The summed E-state index contributed by atoms with van der Waals surface area (Å²) < 4.78 is 34.0. The minimum Gasteiger partial charge on any atom is -0.394 e. The molecule has 12 N–H and O–H groups in total. The van der Waals surface area contributed by atoms with Crippen LogP contribution in [0.4, 0.5) is 0 Å². The van der Waals surface area contributed by atoms with Crippen LogP contribution in [-0.2, 0) is 33.2 Å². The highest BCUT2D eigenvalue weighted by atomic mass is 16.8. The molecular formula is C58H101NO18. The van der Waals surface area contributed by atoms with Crippen LogP contribution in [-0.4, -0.2) is 193 Å². The SMILES string of the molecule is CC/C=C\C/C=C\C/C=C\C/C=C\C/C=C\CCCCCCCCCCCCCCCC(=O)NC(COC1OC(CO)C(OC2OC(CO)C(OC3OC(CO)C(O)C(O)C3O)C(O)C2O)C(O)C1O)C(O)CCCCC. The molecule has 3 fully saturated rings. The molecule has 3 aliphatic rings. The standard InChI is InChI=1S/C58H101NO18/c1-3-5-7-8-9-10-11-12-13-14-15-16-17-18-19-20-21-22-23-24-25-26-27-28-29-30-31-32-34-36-46(64)59-41(42(63)35-33-6-4-2)40-72-56-52(70)49(67)54(44(38-61)74-56)77-58-53(71)50(68)55(45(39-62)75-58)76-57-51(69)48(66)47(65)43(37-60)73-57/h5,7,9-10,12-13,15-16,18-19,41-45,47-58,60-63,65-71H,3-4,6,8,11,14,17,20-40H2,1-2H3,(H,59,64)/b7-5-,10-9-,13-12-,16-15-,19-18-. The Morgan fingerprint density at radius 1 is 0.481 bits per heavy atom. The van der Waals surface area contributed by atoms with Crippen LogP contribution in [0.25, 0.3) is 0 Å². The van der Waals surface area contributed by atoms with Gasteiger partial charge in [0.15, 0.2) is 18.9 Å². The first-order chi connectivity index (χ1) is 37.3. The van der Waals surface area contributed by atoms with Crippen molar-refractivity contribution in [3.8, 4) is 0 Å². The monoisotopic (exact) mass is 1100 g/mol. The maximum absolute atomic E-state index is 13.1. The number of rotatable bonds is 41. The van der Waals surface area contributed by atoms with E-state index in [9.17, 15) is 61.0 Å². The topological polar surface area (TPSA) is 307 Å². The lowest BCUT2D eigenvalue weighted by molar-refractivity contribution is -0.379. The zero-order valence-electron chi connectivity index (χ0n) is 46.2. The summed E-state index contributed by atoms with van der Waals surface area (Å²) in [5, 5.41) is 119. The Morgan fingerprint density at radius 2 is 0.896 bits per heavy atom. The third-order valence-corrected chi connectivity index (χ3v) is 14.4. The summed E-state index contributed by atoms with van der Waals surface area (Å²) in [6, 6.07) is -0.885. The van der Waals surface area contributed by atoms with Crippen molar-refractivity contribution in [2.24, 2.45) is 0 Å². The van der Waals surface area contributed by atoms with Crippen LogP contribution in [0.2, 0.25) is 0 Å². The van der Waals surface area contributed by atoms with Gasteiger partial charge in [0.1, 0.15) is 73.2 Å². The van der Waals surface area contributed by atoms with E-state index < -0.39 is 124 Å². The van der Waals surface area contributed by atoms with Gasteiger partial charge in [-0.05, 0) is 57.8 Å². The van der Waals surface area contributed by atoms with Crippen molar-refractivity contribution in [3.63, 3.8) is 0 Å². The van der Waals surface area contributed by atoms with E-state index in [0.29, 0.717) is 19.3 Å². The molecule has 0 aliphatic carbocycles. The van der Waals surface area contributed by atoms with Crippen molar-refractivity contribution in [1.82, 2.24) is 5.32 Å². The fourth-order valence-corrected chi connectivity index (χ4v) is 9.57. The van der Waals surface area contributed by atoms with Crippen molar-refractivity contribution in [2.45, 2.75) is 272 Å². The Bertz CT molecular complexity index is 1650. The molecule has 19 heteroatoms. The van der Waals surface area contributed by atoms with Crippen molar-refractivity contribution in [1.29, 1.82) is 0 Å². The fraction of sp³-hybridized carbons (Fsp3) is 0.810. The molecule has 0 saturated carbocycles. The van der Waals surface area contributed by atoms with Crippen LogP contribution >= 0.6 is 0 Å². The number of ether oxygens (including phenoxy) is 6. The molecule has 17 unspecified atom stereocenters. The lowest BCUT2D eigenvalue weighted by atomic mass is 9.96. The van der Waals surface area contributed by atoms with E-state index in [-0.39, 0.29) is 18.9 Å². The Hall–Kier alpha value is -2.51. The van der Waals surface area contributed by atoms with Gasteiger partial charge in [0.05, 0.1) is 38.6 Å². The van der Waals surface area contributed by atoms with Gasteiger partial charge in [0, 0.05) is 6.42 Å². The number of carbonyl (C=O) groups excluding carboxylic acids is 1. The van der Waals surface area contributed by atoms with E-state index in [0.717, 1.165) is 70.6 Å². The largest absolute Gasteiger partial charge is 0.394 e. The van der Waals surface area contributed by atoms with Gasteiger partial charge >= 0.3 is 0 Å². The van der Waals surface area contributed by atoms with Crippen LogP contribution in [0.3, 0.4) is 0 Å². The van der Waals surface area contributed by atoms with E-state index in [1.165, 1.54) is 57.8 Å². The van der Waals surface area contributed by atoms with Crippen molar-refractivity contribution in [3.05, 3.63) is 60.8 Å². The van der Waals surface area contributed by atoms with E-state index in [4.69, 9.17) is 28.4 Å². The molecule has 1 amide bonds. The molecule has 3 aliphatic heterocycles. The number of hydrogen-bond donors (Lipinski definition) is 12. The zero-order chi connectivity index (χ0) is 56.2. The molecule has 446 valence electrons. The summed E-state index contributed by atoms with van der Waals surface area (Å²) in [4.78, 5) is 13.1. The zero-order valence-corrected chi connectivity index (χ0v) is 46.2. The predicted molar refractivity (Wildman–Crippen MR) is 291 cm³/mol. The summed E-state index contributed by atoms with van der Waals surface area (Å²) in [6.45, 7) is 1.46. The highest BCUT2D eigenvalue weighted by Crippen LogP contribution is 2.33. The Morgan fingerprint density at radius 3 is 1.38 bits per heavy atom. The van der Waals surface area contributed by atoms with Gasteiger partial charge < -0.3 is 89.9 Å². The first kappa shape index (κ1) is 68.8. The van der Waals surface area contributed by atoms with Crippen LogP contribution < -0.4 is 5.32 Å². The van der Waals surface area contributed by atoms with E-state index >= 15 is 0 Å². The Balaban J connectivity index is 1.31. The number of allylic oxidation sites excluding steroid dienone is 10. The smallest absolute Gasteiger partial charge is 0.220 e. The van der Waals surface area contributed by atoms with Crippen LogP contribution in [0, 0.1) is 0 Å². The van der Waals surface area contributed by atoms with Crippen LogP contribution in [0.15, 0.2) is 60.8 Å². The second-order valence-corrected chi connectivity index (χ2v) is 20.7. The van der Waals surface area contributed by atoms with Gasteiger partial charge in [-0.3, -0.25) is 4.79 Å². The first-order valence-electron chi connectivity index (χ1n) is 29.0. The lowest BCUT2D eigenvalue weighted by Crippen LogP contribution is -2.66. The number of hydrogen-bond acceptors (Lipinski definition) is 18. The number of carbonyl (C=O) groups is 1. The maximum Gasteiger partial charge on any atom is 0.220 e. The van der Waals surface area contributed by atoms with E-state index in [2.05, 4.69) is 73.0 Å². The van der Waals surface area contributed by atoms with E-state index in [1.807, 2.05) is 6.92 Å². The third-order valence-electron chi connectivity index (χ3n) is 14.4. The van der Waals surface area contributed by atoms with Gasteiger partial charge in [0.2, 0.25) is 5.91 Å². The summed E-state index contributed by atoms with van der Waals surface area (Å²) in [5.41, 5.74) is 0. The predicted octanol–water partition coefficient (Wildman–Crippen LogP) is 4.48. The molecule has 0 aromatic heterocycles. The van der Waals surface area contributed by atoms with E-state index in [1.54, 1.807) is 0 Å². The second kappa shape index (κ2) is 41.5. The van der Waals surface area contributed by atoms with Crippen molar-refractivity contribution in [2.75, 3.05) is 26.4 Å². The first-order valence-corrected chi connectivity index (χ1v) is 29.0. The van der Waals surface area contributed by atoms with Gasteiger partial charge in [0.25, 0.3) is 0 Å². The van der Waals surface area contributed by atoms with Crippen LogP contribution in [0.1, 0.15) is 168 Å². The van der Waals surface area contributed by atoms with Gasteiger partial charge in [-0.15, -0.1) is 0 Å². The molecular weight excluding hydrogens is 999 g/mol. The summed E-state index contributed by atoms with van der Waals surface area (Å²) in [6.07, 6.45) is 20.2. The van der Waals surface area contributed by atoms with Crippen molar-refractivity contribution < 1.29 is 89.4 Å². The fourth-order valence-electron chi connectivity index (χ4n) is 9.57. The third kappa shape index (κ3) is 25.9. The average molecular weight is 1100 g/mol. The van der Waals surface area contributed by atoms with Gasteiger partial charge in [-0.25, -0.2) is 0 Å². The molecule has 3 heterocycles. The second-order valence-electron chi connectivity index (χ2n) is 20.7. The normalized spacial score (nSPS) is 31.2. The summed E-state index contributed by atoms with van der Waals surface area (Å²) in [7, 11) is 0. The highest BCUT2D eigenvalue weighted by Gasteiger charge is 2.53. The summed E-state index contributed by atoms with van der Waals surface area (Å²) in [5.74, 6) is -0.260. The molecule has 0 aromatic carbocycles. The molecule has 17 atom stereocenters. The number of aliphatic hydroxyl groups is 11. The number of nitrogens with one attached hydrogen (secondary N) is 1. The number of aliphatic hydroxyl groups excluding tert-OH is 11. The average Bonchev–Trinajstić information content (AvgIpc) is 3.43. The molecule has 3 saturated heterocycles. The molecule has 0 bridgehead atoms. The summed E-state index contributed by atoms with van der Waals surface area (Å²) >= 11 is 0. The quantitative estimate of drug-likeness (QED) is 0.0297. The molecule has 0 radical (unpaired) electrons. The molecule has 0 aromatic rings. The Labute approximate surface area is 458 Å². The van der Waals surface area contributed by atoms with Gasteiger partial charge in [-0.2, -0.15) is 0 Å². The molecule has 19 nitrogen and oxygen atoms in total. The van der Waals surface area contributed by atoms with Crippen LogP contribution in [0.5, 0.6) is 0 Å². The molecule has 77 heavy (non-hydrogen) atoms.